The Labute approximate surface area is 123 Å². The first-order valence-corrected chi connectivity index (χ1v) is 7.13. The van der Waals surface area contributed by atoms with Crippen molar-refractivity contribution in [2.45, 2.75) is 26.3 Å². The van der Waals surface area contributed by atoms with Crippen molar-refractivity contribution in [3.63, 3.8) is 0 Å². The monoisotopic (exact) mass is 328 g/mol. The molecule has 0 bridgehead atoms. The predicted molar refractivity (Wildman–Crippen MR) is 81.5 cm³/mol. The number of amides is 1. The van der Waals surface area contributed by atoms with Crippen molar-refractivity contribution in [3.8, 4) is 0 Å². The van der Waals surface area contributed by atoms with E-state index >= 15 is 0 Å². The standard InChI is InChI=1S/C14H21BrN2O2/c1-10-5-6-12(15)13(9-10)17-11(2)14(18)16-7-4-8-19-3/h5-6,9,11,17H,4,7-8H2,1-3H3,(H,16,18). The molecule has 0 spiro atoms. The van der Waals surface area contributed by atoms with E-state index in [2.05, 4.69) is 26.6 Å². The summed E-state index contributed by atoms with van der Waals surface area (Å²) < 4.78 is 5.89. The highest BCUT2D eigenvalue weighted by atomic mass is 79.9. The molecule has 1 unspecified atom stereocenters. The lowest BCUT2D eigenvalue weighted by atomic mass is 10.2. The van der Waals surface area contributed by atoms with Gasteiger partial charge in [-0.05, 0) is 53.9 Å². The van der Waals surface area contributed by atoms with Crippen LogP contribution in [0.4, 0.5) is 5.69 Å². The topological polar surface area (TPSA) is 50.4 Å². The van der Waals surface area contributed by atoms with Gasteiger partial charge in [0.2, 0.25) is 5.91 Å². The van der Waals surface area contributed by atoms with E-state index in [9.17, 15) is 4.79 Å². The summed E-state index contributed by atoms with van der Waals surface area (Å²) >= 11 is 3.47. The maximum atomic E-state index is 11.9. The van der Waals surface area contributed by atoms with Crippen LogP contribution in [0.1, 0.15) is 18.9 Å². The third-order valence-corrected chi connectivity index (χ3v) is 3.40. The van der Waals surface area contributed by atoms with Gasteiger partial charge >= 0.3 is 0 Å². The Morgan fingerprint density at radius 3 is 2.89 bits per heavy atom. The molecule has 0 radical (unpaired) electrons. The normalized spacial score (nSPS) is 12.0. The fraction of sp³-hybridized carbons (Fsp3) is 0.500. The van der Waals surface area contributed by atoms with Crippen molar-refractivity contribution in [2.75, 3.05) is 25.6 Å². The van der Waals surface area contributed by atoms with Crippen LogP contribution in [0.5, 0.6) is 0 Å². The summed E-state index contributed by atoms with van der Waals surface area (Å²) in [6.07, 6.45) is 0.823. The zero-order valence-electron chi connectivity index (χ0n) is 11.6. The van der Waals surface area contributed by atoms with Gasteiger partial charge < -0.3 is 15.4 Å². The van der Waals surface area contributed by atoms with Gasteiger partial charge in [-0.25, -0.2) is 0 Å². The van der Waals surface area contributed by atoms with Gasteiger partial charge in [0.05, 0.1) is 0 Å². The van der Waals surface area contributed by atoms with Crippen molar-refractivity contribution in [1.82, 2.24) is 5.32 Å². The molecule has 4 nitrogen and oxygen atoms in total. The molecule has 1 aromatic carbocycles. The van der Waals surface area contributed by atoms with Crippen LogP contribution < -0.4 is 10.6 Å². The molecule has 0 aliphatic rings. The minimum Gasteiger partial charge on any atom is -0.385 e. The zero-order valence-corrected chi connectivity index (χ0v) is 13.2. The number of halogens is 1. The summed E-state index contributed by atoms with van der Waals surface area (Å²) in [5.74, 6) is -0.00971. The van der Waals surface area contributed by atoms with E-state index in [4.69, 9.17) is 4.74 Å². The van der Waals surface area contributed by atoms with Gasteiger partial charge in [-0.1, -0.05) is 6.07 Å². The summed E-state index contributed by atoms with van der Waals surface area (Å²) in [7, 11) is 1.65. The first kappa shape index (κ1) is 16.0. The number of carbonyl (C=O) groups excluding carboxylic acids is 1. The minimum atomic E-state index is -0.277. The van der Waals surface area contributed by atoms with Crippen LogP contribution in [0.25, 0.3) is 0 Å². The Kier molecular flexibility index (Phi) is 6.87. The summed E-state index contributed by atoms with van der Waals surface area (Å²) in [4.78, 5) is 11.9. The second-order valence-corrected chi connectivity index (χ2v) is 5.34. The second kappa shape index (κ2) is 8.17. The molecule has 0 saturated heterocycles. The lowest BCUT2D eigenvalue weighted by molar-refractivity contribution is -0.121. The number of hydrogen-bond acceptors (Lipinski definition) is 3. The van der Waals surface area contributed by atoms with Crippen molar-refractivity contribution in [1.29, 1.82) is 0 Å². The van der Waals surface area contributed by atoms with Gasteiger partial charge in [0.25, 0.3) is 0 Å². The Balaban J connectivity index is 2.47. The van der Waals surface area contributed by atoms with Gasteiger partial charge in [-0.3, -0.25) is 4.79 Å². The fourth-order valence-electron chi connectivity index (χ4n) is 1.63. The molecule has 19 heavy (non-hydrogen) atoms. The molecule has 1 rings (SSSR count). The Morgan fingerprint density at radius 1 is 1.47 bits per heavy atom. The molecule has 0 aliphatic carbocycles. The van der Waals surface area contributed by atoms with Crippen molar-refractivity contribution in [3.05, 3.63) is 28.2 Å². The van der Waals surface area contributed by atoms with Gasteiger partial charge in [0.1, 0.15) is 6.04 Å². The molecule has 1 aromatic rings. The van der Waals surface area contributed by atoms with Crippen molar-refractivity contribution in [2.24, 2.45) is 0 Å². The van der Waals surface area contributed by atoms with Crippen LogP contribution in [-0.4, -0.2) is 32.2 Å². The van der Waals surface area contributed by atoms with Gasteiger partial charge in [-0.2, -0.15) is 0 Å². The average molecular weight is 329 g/mol. The molecule has 5 heteroatoms. The highest BCUT2D eigenvalue weighted by molar-refractivity contribution is 9.10. The van der Waals surface area contributed by atoms with Gasteiger partial charge in [0.15, 0.2) is 0 Å². The van der Waals surface area contributed by atoms with E-state index in [-0.39, 0.29) is 11.9 Å². The molecule has 1 amide bonds. The number of rotatable bonds is 7. The highest BCUT2D eigenvalue weighted by Crippen LogP contribution is 2.23. The number of aryl methyl sites for hydroxylation is 1. The summed E-state index contributed by atoms with van der Waals surface area (Å²) in [5.41, 5.74) is 2.08. The molecular formula is C14H21BrN2O2. The lowest BCUT2D eigenvalue weighted by Crippen LogP contribution is -2.38. The predicted octanol–water partition coefficient (Wildman–Crippen LogP) is 2.71. The number of methoxy groups -OCH3 is 1. The molecular weight excluding hydrogens is 308 g/mol. The molecule has 2 N–H and O–H groups in total. The Bertz CT molecular complexity index is 424. The largest absolute Gasteiger partial charge is 0.385 e. The summed E-state index contributed by atoms with van der Waals surface area (Å²) in [6.45, 7) is 5.16. The molecule has 1 atom stereocenters. The van der Waals surface area contributed by atoms with Crippen LogP contribution in [0.3, 0.4) is 0 Å². The van der Waals surface area contributed by atoms with Crippen molar-refractivity contribution >= 4 is 27.5 Å². The van der Waals surface area contributed by atoms with Crippen LogP contribution >= 0.6 is 15.9 Å². The van der Waals surface area contributed by atoms with Crippen LogP contribution in [0.2, 0.25) is 0 Å². The number of benzene rings is 1. The maximum absolute atomic E-state index is 11.9. The third-order valence-electron chi connectivity index (χ3n) is 2.71. The number of nitrogens with one attached hydrogen (secondary N) is 2. The molecule has 0 aromatic heterocycles. The van der Waals surface area contributed by atoms with E-state index in [0.29, 0.717) is 13.2 Å². The van der Waals surface area contributed by atoms with E-state index in [1.165, 1.54) is 0 Å². The molecule has 0 fully saturated rings. The van der Waals surface area contributed by atoms with E-state index in [0.717, 1.165) is 22.1 Å². The van der Waals surface area contributed by atoms with Crippen LogP contribution in [-0.2, 0) is 9.53 Å². The quantitative estimate of drug-likeness (QED) is 0.756. The smallest absolute Gasteiger partial charge is 0.242 e. The summed E-state index contributed by atoms with van der Waals surface area (Å²) in [5, 5.41) is 6.08. The number of ether oxygens (including phenoxy) is 1. The van der Waals surface area contributed by atoms with Crippen molar-refractivity contribution < 1.29 is 9.53 Å². The molecule has 0 aliphatic heterocycles. The van der Waals surface area contributed by atoms with E-state index in [1.807, 2.05) is 32.0 Å². The number of hydrogen-bond donors (Lipinski definition) is 2. The third kappa shape index (κ3) is 5.61. The van der Waals surface area contributed by atoms with Gasteiger partial charge in [0, 0.05) is 30.4 Å². The maximum Gasteiger partial charge on any atom is 0.242 e. The number of anilines is 1. The first-order valence-electron chi connectivity index (χ1n) is 6.34. The Morgan fingerprint density at radius 2 is 2.21 bits per heavy atom. The van der Waals surface area contributed by atoms with E-state index < -0.39 is 0 Å². The first-order chi connectivity index (χ1) is 9.04. The van der Waals surface area contributed by atoms with E-state index in [1.54, 1.807) is 7.11 Å². The van der Waals surface area contributed by atoms with Gasteiger partial charge in [-0.15, -0.1) is 0 Å². The molecule has 0 heterocycles. The SMILES string of the molecule is COCCCNC(=O)C(C)Nc1cc(C)ccc1Br. The highest BCUT2D eigenvalue weighted by Gasteiger charge is 2.13. The lowest BCUT2D eigenvalue weighted by Gasteiger charge is -2.16. The average Bonchev–Trinajstić information content (AvgIpc) is 2.38. The molecule has 106 valence electrons. The number of carbonyl (C=O) groups is 1. The summed E-state index contributed by atoms with van der Waals surface area (Å²) in [6, 6.07) is 5.73. The zero-order chi connectivity index (χ0) is 14.3. The minimum absolute atomic E-state index is 0.00971. The second-order valence-electron chi connectivity index (χ2n) is 4.49. The Hall–Kier alpha value is -1.07. The van der Waals surface area contributed by atoms with Crippen LogP contribution in [0, 0.1) is 6.92 Å². The van der Waals surface area contributed by atoms with Crippen LogP contribution in [0.15, 0.2) is 22.7 Å². The fourth-order valence-corrected chi connectivity index (χ4v) is 1.99. The molecule has 0 saturated carbocycles.